The number of hydrogen-bond donors (Lipinski definition) is 0. The van der Waals surface area contributed by atoms with Crippen molar-refractivity contribution in [1.29, 1.82) is 0 Å². The molecule has 0 radical (unpaired) electrons. The predicted molar refractivity (Wildman–Crippen MR) is 79.3 cm³/mol. The summed E-state index contributed by atoms with van der Waals surface area (Å²) in [5.41, 5.74) is 1.27. The van der Waals surface area contributed by atoms with Crippen LogP contribution >= 0.6 is 0 Å². The van der Waals surface area contributed by atoms with Gasteiger partial charge in [-0.1, -0.05) is 18.9 Å². The number of likely N-dealkylation sites (tertiary alicyclic amines) is 1. The molecular weight excluding hydrogens is 248 g/mol. The molecule has 2 fully saturated rings. The van der Waals surface area contributed by atoms with Crippen molar-refractivity contribution in [3.8, 4) is 0 Å². The van der Waals surface area contributed by atoms with Crippen LogP contribution in [0.15, 0.2) is 24.5 Å². The lowest BCUT2D eigenvalue weighted by molar-refractivity contribution is -0.127. The van der Waals surface area contributed by atoms with Gasteiger partial charge in [-0.05, 0) is 43.9 Å². The maximum Gasteiger partial charge on any atom is 0.137 e. The van der Waals surface area contributed by atoms with E-state index in [1.807, 2.05) is 18.5 Å². The highest BCUT2D eigenvalue weighted by Gasteiger charge is 2.35. The summed E-state index contributed by atoms with van der Waals surface area (Å²) in [5.74, 6) is 0.806. The molecule has 1 aromatic rings. The molecule has 3 rings (SSSR count). The molecule has 0 spiro atoms. The van der Waals surface area contributed by atoms with Crippen LogP contribution in [0.3, 0.4) is 0 Å². The van der Waals surface area contributed by atoms with Gasteiger partial charge in [-0.25, -0.2) is 0 Å². The van der Waals surface area contributed by atoms with Gasteiger partial charge >= 0.3 is 0 Å². The van der Waals surface area contributed by atoms with E-state index in [-0.39, 0.29) is 0 Å². The van der Waals surface area contributed by atoms with E-state index in [4.69, 9.17) is 0 Å². The van der Waals surface area contributed by atoms with Gasteiger partial charge in [0.1, 0.15) is 5.78 Å². The minimum absolute atomic E-state index is 0.292. The van der Waals surface area contributed by atoms with Crippen LogP contribution in [-0.4, -0.2) is 28.3 Å². The Kier molecular flexibility index (Phi) is 4.46. The molecule has 3 nitrogen and oxygen atoms in total. The van der Waals surface area contributed by atoms with Gasteiger partial charge in [0.05, 0.1) is 0 Å². The molecule has 1 aliphatic heterocycles. The summed E-state index contributed by atoms with van der Waals surface area (Å²) in [6, 6.07) is 4.61. The van der Waals surface area contributed by atoms with Crippen LogP contribution in [0, 0.1) is 5.92 Å². The average Bonchev–Trinajstić information content (AvgIpc) is 2.50. The van der Waals surface area contributed by atoms with E-state index in [9.17, 15) is 4.79 Å². The Morgan fingerprint density at radius 3 is 2.90 bits per heavy atom. The van der Waals surface area contributed by atoms with Gasteiger partial charge in [-0.3, -0.25) is 14.7 Å². The maximum absolute atomic E-state index is 12.3. The van der Waals surface area contributed by atoms with Crippen LogP contribution < -0.4 is 0 Å². The van der Waals surface area contributed by atoms with Crippen LogP contribution in [0.25, 0.3) is 0 Å². The highest BCUT2D eigenvalue weighted by atomic mass is 16.1. The van der Waals surface area contributed by atoms with E-state index < -0.39 is 0 Å². The number of pyridine rings is 1. The van der Waals surface area contributed by atoms with Gasteiger partial charge in [0, 0.05) is 37.3 Å². The van der Waals surface area contributed by atoms with Crippen LogP contribution in [0.2, 0.25) is 0 Å². The third kappa shape index (κ3) is 3.09. The van der Waals surface area contributed by atoms with E-state index in [0.717, 1.165) is 32.4 Å². The van der Waals surface area contributed by atoms with E-state index in [0.29, 0.717) is 17.7 Å². The minimum atomic E-state index is 0.292. The third-order valence-corrected chi connectivity index (χ3v) is 4.84. The van der Waals surface area contributed by atoms with E-state index in [2.05, 4.69) is 16.0 Å². The molecule has 2 heterocycles. The minimum Gasteiger partial charge on any atom is -0.299 e. The van der Waals surface area contributed by atoms with Gasteiger partial charge in [0.25, 0.3) is 0 Å². The molecule has 0 amide bonds. The van der Waals surface area contributed by atoms with E-state index >= 15 is 0 Å². The highest BCUT2D eigenvalue weighted by molar-refractivity contribution is 5.82. The van der Waals surface area contributed by atoms with Gasteiger partial charge in [0.15, 0.2) is 0 Å². The molecule has 0 bridgehead atoms. The first-order valence-corrected chi connectivity index (χ1v) is 8.00. The molecule has 0 aromatic carbocycles. The summed E-state index contributed by atoms with van der Waals surface area (Å²) in [7, 11) is 0. The molecule has 108 valence electrons. The number of piperidine rings is 1. The molecule has 1 saturated heterocycles. The smallest absolute Gasteiger partial charge is 0.137 e. The van der Waals surface area contributed by atoms with Crippen LogP contribution in [0.4, 0.5) is 0 Å². The zero-order valence-electron chi connectivity index (χ0n) is 12.1. The summed E-state index contributed by atoms with van der Waals surface area (Å²) in [4.78, 5) is 19.0. The Morgan fingerprint density at radius 1 is 1.20 bits per heavy atom. The van der Waals surface area contributed by atoms with Gasteiger partial charge < -0.3 is 0 Å². The number of aromatic nitrogens is 1. The van der Waals surface area contributed by atoms with Crippen molar-refractivity contribution in [3.05, 3.63) is 30.1 Å². The Bertz CT molecular complexity index is 446. The zero-order valence-corrected chi connectivity index (χ0v) is 12.1. The Balaban J connectivity index is 1.71. The Morgan fingerprint density at radius 2 is 2.10 bits per heavy atom. The highest BCUT2D eigenvalue weighted by Crippen LogP contribution is 2.32. The lowest BCUT2D eigenvalue weighted by atomic mass is 9.79. The van der Waals surface area contributed by atoms with E-state index in [1.165, 1.54) is 31.2 Å². The number of rotatable bonds is 3. The van der Waals surface area contributed by atoms with Crippen LogP contribution in [0.1, 0.15) is 50.5 Å². The first kappa shape index (κ1) is 13.7. The summed E-state index contributed by atoms with van der Waals surface area (Å²) < 4.78 is 0. The predicted octanol–water partition coefficient (Wildman–Crippen LogP) is 3.20. The van der Waals surface area contributed by atoms with Crippen molar-refractivity contribution < 1.29 is 4.79 Å². The largest absolute Gasteiger partial charge is 0.299 e. The second kappa shape index (κ2) is 6.49. The lowest BCUT2D eigenvalue weighted by Crippen LogP contribution is -2.47. The molecule has 0 N–H and O–H groups in total. The summed E-state index contributed by atoms with van der Waals surface area (Å²) in [5, 5.41) is 0. The number of Topliss-reactive ketones (excluding diaryl/α,β-unsaturated/α-hetero) is 1. The van der Waals surface area contributed by atoms with Crippen molar-refractivity contribution in [2.24, 2.45) is 5.92 Å². The Labute approximate surface area is 121 Å². The molecule has 2 atom stereocenters. The SMILES string of the molecule is O=C1CCCCC1C1CCCCN1Cc1cccnc1. The van der Waals surface area contributed by atoms with Crippen LogP contribution in [-0.2, 0) is 11.3 Å². The average molecular weight is 272 g/mol. The van der Waals surface area contributed by atoms with Gasteiger partial charge in [-0.2, -0.15) is 0 Å². The van der Waals surface area contributed by atoms with Gasteiger partial charge in [0.2, 0.25) is 0 Å². The fraction of sp³-hybridized carbons (Fsp3) is 0.647. The normalized spacial score (nSPS) is 28.5. The summed E-state index contributed by atoms with van der Waals surface area (Å²) >= 11 is 0. The second-order valence-corrected chi connectivity index (χ2v) is 6.21. The topological polar surface area (TPSA) is 33.2 Å². The third-order valence-electron chi connectivity index (χ3n) is 4.84. The van der Waals surface area contributed by atoms with Crippen molar-refractivity contribution in [3.63, 3.8) is 0 Å². The number of ketones is 1. The van der Waals surface area contributed by atoms with Crippen LogP contribution in [0.5, 0.6) is 0 Å². The van der Waals surface area contributed by atoms with E-state index in [1.54, 1.807) is 0 Å². The first-order valence-electron chi connectivity index (χ1n) is 8.00. The Hall–Kier alpha value is -1.22. The molecule has 2 aliphatic rings. The number of carbonyl (C=O) groups excluding carboxylic acids is 1. The fourth-order valence-corrected chi connectivity index (χ4v) is 3.81. The standard InChI is InChI=1S/C17H24N2O/c20-17-9-2-1-7-15(17)16-8-3-4-11-19(16)13-14-6-5-10-18-12-14/h5-6,10,12,15-16H,1-4,7-9,11,13H2. The molecule has 20 heavy (non-hydrogen) atoms. The number of carbonyl (C=O) groups is 1. The lowest BCUT2D eigenvalue weighted by Gasteiger charge is -2.41. The molecule has 1 saturated carbocycles. The molecule has 1 aromatic heterocycles. The zero-order chi connectivity index (χ0) is 13.8. The number of hydrogen-bond acceptors (Lipinski definition) is 3. The monoisotopic (exact) mass is 272 g/mol. The van der Waals surface area contributed by atoms with Crippen molar-refractivity contribution in [2.45, 2.75) is 57.5 Å². The summed E-state index contributed by atoms with van der Waals surface area (Å²) in [6.07, 6.45) is 11.7. The number of nitrogens with zero attached hydrogens (tertiary/aromatic N) is 2. The quantitative estimate of drug-likeness (QED) is 0.847. The fourth-order valence-electron chi connectivity index (χ4n) is 3.81. The summed E-state index contributed by atoms with van der Waals surface area (Å²) in [6.45, 7) is 2.08. The molecular formula is C17H24N2O. The van der Waals surface area contributed by atoms with Crippen molar-refractivity contribution >= 4 is 5.78 Å². The molecule has 1 aliphatic carbocycles. The molecule has 3 heteroatoms. The van der Waals surface area contributed by atoms with Gasteiger partial charge in [-0.15, -0.1) is 0 Å². The van der Waals surface area contributed by atoms with Crippen molar-refractivity contribution in [2.75, 3.05) is 6.54 Å². The van der Waals surface area contributed by atoms with Crippen molar-refractivity contribution in [1.82, 2.24) is 9.88 Å². The first-order chi connectivity index (χ1) is 9.84. The second-order valence-electron chi connectivity index (χ2n) is 6.21. The maximum atomic E-state index is 12.3. The molecule has 2 unspecified atom stereocenters.